The minimum absolute atomic E-state index is 0.0333. The number of ether oxygens (including phenoxy) is 2. The highest BCUT2D eigenvalue weighted by molar-refractivity contribution is 6.07. The number of pyridine rings is 1. The van der Waals surface area contributed by atoms with Crippen LogP contribution < -0.4 is 20.5 Å². The van der Waals surface area contributed by atoms with E-state index < -0.39 is 11.7 Å². The van der Waals surface area contributed by atoms with Crippen molar-refractivity contribution in [3.8, 4) is 17.2 Å². The monoisotopic (exact) mass is 502 g/mol. The largest absolute Gasteiger partial charge is 0.496 e. The molecular weight excluding hydrogens is 475 g/mol. The van der Waals surface area contributed by atoms with Gasteiger partial charge in [-0.25, -0.2) is 4.39 Å². The average Bonchev–Trinajstić information content (AvgIpc) is 3.43. The number of methoxy groups -OCH3 is 1. The zero-order chi connectivity index (χ0) is 25.9. The summed E-state index contributed by atoms with van der Waals surface area (Å²) in [6, 6.07) is 12.6. The molecule has 0 aliphatic carbocycles. The molecule has 3 aromatic carbocycles. The van der Waals surface area contributed by atoms with E-state index in [1.165, 1.54) is 32.2 Å². The minimum Gasteiger partial charge on any atom is -0.496 e. The van der Waals surface area contributed by atoms with Gasteiger partial charge in [-0.05, 0) is 61.6 Å². The Bertz CT molecular complexity index is 1500. The highest BCUT2D eigenvalue weighted by atomic mass is 19.1. The van der Waals surface area contributed by atoms with Crippen LogP contribution in [0, 0.1) is 5.82 Å². The number of aromatic nitrogens is 1. The number of carbonyl (C=O) groups is 2. The lowest BCUT2D eigenvalue weighted by atomic mass is 10.0. The summed E-state index contributed by atoms with van der Waals surface area (Å²) in [5.74, 6) is -0.870. The van der Waals surface area contributed by atoms with E-state index in [1.807, 2.05) is 0 Å². The molecule has 9 heteroatoms. The Morgan fingerprint density at radius 2 is 1.81 bits per heavy atom. The Hall–Kier alpha value is -4.24. The van der Waals surface area contributed by atoms with E-state index in [-0.39, 0.29) is 22.6 Å². The summed E-state index contributed by atoms with van der Waals surface area (Å²) in [5, 5.41) is 4.10. The minimum atomic E-state index is -0.640. The molecule has 37 heavy (non-hydrogen) atoms. The van der Waals surface area contributed by atoms with Crippen LogP contribution in [0.4, 0.5) is 4.39 Å². The lowest BCUT2D eigenvalue weighted by molar-refractivity contribution is 0.0945. The van der Waals surface area contributed by atoms with E-state index >= 15 is 4.39 Å². The fourth-order valence-corrected chi connectivity index (χ4v) is 4.73. The van der Waals surface area contributed by atoms with E-state index in [0.29, 0.717) is 39.9 Å². The summed E-state index contributed by atoms with van der Waals surface area (Å²) >= 11 is 0. The van der Waals surface area contributed by atoms with Crippen LogP contribution in [0.3, 0.4) is 0 Å². The van der Waals surface area contributed by atoms with Crippen LogP contribution in [-0.4, -0.2) is 55.0 Å². The molecule has 0 spiro atoms. The van der Waals surface area contributed by atoms with Gasteiger partial charge in [-0.2, -0.15) is 0 Å². The smallest absolute Gasteiger partial charge is 0.255 e. The molecule has 4 aromatic rings. The number of nitrogens with zero attached hydrogens (tertiary/aromatic N) is 2. The van der Waals surface area contributed by atoms with Gasteiger partial charge in [0.1, 0.15) is 11.5 Å². The summed E-state index contributed by atoms with van der Waals surface area (Å²) in [5.41, 5.74) is 6.52. The van der Waals surface area contributed by atoms with Crippen molar-refractivity contribution in [3.63, 3.8) is 0 Å². The number of benzene rings is 3. The fraction of sp³-hybridized carbons (Fsp3) is 0.250. The van der Waals surface area contributed by atoms with Gasteiger partial charge >= 0.3 is 0 Å². The third-order valence-corrected chi connectivity index (χ3v) is 6.63. The molecule has 0 saturated carbocycles. The summed E-state index contributed by atoms with van der Waals surface area (Å²) in [7, 11) is 1.49. The number of hydrogen-bond acceptors (Lipinski definition) is 6. The number of carbonyl (C=O) groups excluding carboxylic acids is 2. The second kappa shape index (κ2) is 10.4. The number of hydrogen-bond donors (Lipinski definition) is 2. The topological polar surface area (TPSA) is 107 Å². The van der Waals surface area contributed by atoms with Gasteiger partial charge in [0.25, 0.3) is 5.91 Å². The first kappa shape index (κ1) is 24.5. The van der Waals surface area contributed by atoms with Gasteiger partial charge in [-0.15, -0.1) is 0 Å². The fourth-order valence-electron chi connectivity index (χ4n) is 4.73. The quantitative estimate of drug-likeness (QED) is 0.373. The van der Waals surface area contributed by atoms with Crippen LogP contribution in [0.15, 0.2) is 54.7 Å². The molecule has 1 fully saturated rings. The average molecular weight is 503 g/mol. The third-order valence-electron chi connectivity index (χ3n) is 6.63. The Kier molecular flexibility index (Phi) is 6.87. The van der Waals surface area contributed by atoms with Gasteiger partial charge in [-0.3, -0.25) is 14.6 Å². The van der Waals surface area contributed by atoms with Crippen molar-refractivity contribution in [3.05, 3.63) is 71.7 Å². The second-order valence-electron chi connectivity index (χ2n) is 8.93. The third kappa shape index (κ3) is 4.90. The number of nitrogens with two attached hydrogens (primary N) is 1. The van der Waals surface area contributed by atoms with Crippen molar-refractivity contribution in [1.29, 1.82) is 0 Å². The molecule has 2 amide bonds. The van der Waals surface area contributed by atoms with Crippen LogP contribution in [0.25, 0.3) is 21.7 Å². The van der Waals surface area contributed by atoms with E-state index in [2.05, 4.69) is 15.2 Å². The van der Waals surface area contributed by atoms with Gasteiger partial charge in [-0.1, -0.05) is 12.1 Å². The highest BCUT2D eigenvalue weighted by Gasteiger charge is 2.19. The summed E-state index contributed by atoms with van der Waals surface area (Å²) in [6.07, 6.45) is 3.91. The highest BCUT2D eigenvalue weighted by Crippen LogP contribution is 2.36. The molecule has 1 aromatic heterocycles. The van der Waals surface area contributed by atoms with Crippen molar-refractivity contribution in [2.75, 3.05) is 33.3 Å². The van der Waals surface area contributed by atoms with Gasteiger partial charge < -0.3 is 25.4 Å². The molecule has 3 N–H and O–H groups in total. The van der Waals surface area contributed by atoms with Crippen molar-refractivity contribution < 1.29 is 23.5 Å². The molecule has 1 saturated heterocycles. The van der Waals surface area contributed by atoms with Crippen LogP contribution >= 0.6 is 0 Å². The summed E-state index contributed by atoms with van der Waals surface area (Å²) < 4.78 is 26.8. The first-order chi connectivity index (χ1) is 18.0. The number of primary amides is 1. The second-order valence-corrected chi connectivity index (χ2v) is 8.93. The lowest BCUT2D eigenvalue weighted by Crippen LogP contribution is -2.33. The molecular formula is C28H27FN4O4. The maximum absolute atomic E-state index is 15.4. The molecule has 1 aliphatic heterocycles. The molecule has 5 rings (SSSR count). The van der Waals surface area contributed by atoms with Gasteiger partial charge in [0, 0.05) is 41.7 Å². The van der Waals surface area contributed by atoms with Crippen LogP contribution in [0.5, 0.6) is 17.2 Å². The SMILES string of the molecule is COc1cc2nccc(Oc3ccc4c(C(N)=O)cccc4c3F)c2cc1C(=O)NCCN1CCCC1. The number of fused-ring (bicyclic) bond motifs is 2. The zero-order valence-electron chi connectivity index (χ0n) is 20.4. The van der Waals surface area contributed by atoms with Crippen molar-refractivity contribution in [2.24, 2.45) is 5.73 Å². The molecule has 0 bridgehead atoms. The molecule has 0 radical (unpaired) electrons. The number of nitrogens with one attached hydrogen (secondary N) is 1. The van der Waals surface area contributed by atoms with Gasteiger partial charge in [0.15, 0.2) is 11.6 Å². The maximum Gasteiger partial charge on any atom is 0.255 e. The predicted molar refractivity (Wildman–Crippen MR) is 139 cm³/mol. The Balaban J connectivity index is 1.47. The van der Waals surface area contributed by atoms with Crippen molar-refractivity contribution in [1.82, 2.24) is 15.2 Å². The lowest BCUT2D eigenvalue weighted by Gasteiger charge is -2.16. The maximum atomic E-state index is 15.4. The molecule has 1 aliphatic rings. The number of halogens is 1. The number of likely N-dealkylation sites (tertiary alicyclic amines) is 1. The molecule has 0 atom stereocenters. The Labute approximate surface area is 213 Å². The summed E-state index contributed by atoms with van der Waals surface area (Å²) in [4.78, 5) is 31.5. The van der Waals surface area contributed by atoms with Crippen LogP contribution in [-0.2, 0) is 0 Å². The van der Waals surface area contributed by atoms with Crippen LogP contribution in [0.2, 0.25) is 0 Å². The number of rotatable bonds is 8. The summed E-state index contributed by atoms with van der Waals surface area (Å²) in [6.45, 7) is 3.41. The zero-order valence-corrected chi connectivity index (χ0v) is 20.4. The standard InChI is InChI=1S/C28H27FN4O4/c1-36-25-16-22-20(15-21(25)28(35)32-11-14-33-12-2-3-13-33)23(9-10-31-22)37-24-8-7-17-18(26(24)29)5-4-6-19(17)27(30)34/h4-10,15-16H,2-3,11-14H2,1H3,(H2,30,34)(H,32,35). The first-order valence-corrected chi connectivity index (χ1v) is 12.1. The number of amides is 2. The predicted octanol–water partition coefficient (Wildman–Crippen LogP) is 4.25. The van der Waals surface area contributed by atoms with Crippen LogP contribution in [0.1, 0.15) is 33.6 Å². The Morgan fingerprint density at radius 1 is 1.00 bits per heavy atom. The molecule has 0 unspecified atom stereocenters. The van der Waals surface area contributed by atoms with Crippen molar-refractivity contribution >= 4 is 33.5 Å². The van der Waals surface area contributed by atoms with Crippen molar-refractivity contribution in [2.45, 2.75) is 12.8 Å². The van der Waals surface area contributed by atoms with E-state index in [9.17, 15) is 9.59 Å². The van der Waals surface area contributed by atoms with Gasteiger partial charge in [0.2, 0.25) is 5.91 Å². The van der Waals surface area contributed by atoms with E-state index in [0.717, 1.165) is 19.6 Å². The van der Waals surface area contributed by atoms with Gasteiger partial charge in [0.05, 0.1) is 18.2 Å². The molecule has 190 valence electrons. The first-order valence-electron chi connectivity index (χ1n) is 12.1. The van der Waals surface area contributed by atoms with E-state index in [4.69, 9.17) is 15.2 Å². The molecule has 8 nitrogen and oxygen atoms in total. The Morgan fingerprint density at radius 3 is 2.57 bits per heavy atom. The molecule has 2 heterocycles. The normalized spacial score (nSPS) is 13.7. The van der Waals surface area contributed by atoms with E-state index in [1.54, 1.807) is 42.5 Å².